The molecule has 1 saturated heterocycles. The van der Waals surface area contributed by atoms with Crippen LogP contribution in [0.25, 0.3) is 0 Å². The molecule has 0 aromatic carbocycles. The van der Waals surface area contributed by atoms with Crippen LogP contribution in [-0.4, -0.2) is 46.8 Å². The van der Waals surface area contributed by atoms with E-state index >= 15 is 0 Å². The third-order valence-electron chi connectivity index (χ3n) is 1.85. The predicted molar refractivity (Wildman–Crippen MR) is 80.1 cm³/mol. The molecule has 23 heavy (non-hydrogen) atoms. The van der Waals surface area contributed by atoms with Gasteiger partial charge >= 0.3 is 23.9 Å². The number of carbonyl (C=O) groups is 4. The molecule has 0 aromatic rings. The van der Waals surface area contributed by atoms with Gasteiger partial charge in [-0.2, -0.15) is 0 Å². The van der Waals surface area contributed by atoms with E-state index in [1.165, 1.54) is 12.2 Å². The van der Waals surface area contributed by atoms with Crippen molar-refractivity contribution in [2.45, 2.75) is 25.9 Å². The van der Waals surface area contributed by atoms with Crippen LogP contribution in [0.3, 0.4) is 0 Å². The maximum atomic E-state index is 10.5. The van der Waals surface area contributed by atoms with Crippen molar-refractivity contribution >= 4 is 23.9 Å². The number of hydrogen-bond donors (Lipinski definition) is 2. The Morgan fingerprint density at radius 1 is 1.35 bits per heavy atom. The second kappa shape index (κ2) is 13.0. The van der Waals surface area contributed by atoms with Gasteiger partial charge in [0.15, 0.2) is 6.10 Å². The first kappa shape index (κ1) is 22.5. The maximum absolute atomic E-state index is 10.5. The number of hydrogen-bond acceptors (Lipinski definition) is 7. The summed E-state index contributed by atoms with van der Waals surface area (Å²) < 4.78 is 8.54. The molecule has 8 nitrogen and oxygen atoms in total. The zero-order valence-corrected chi connectivity index (χ0v) is 12.8. The number of carboxylic acid groups (broad SMARTS) is 1. The van der Waals surface area contributed by atoms with Crippen LogP contribution in [0.4, 0.5) is 0 Å². The van der Waals surface area contributed by atoms with Gasteiger partial charge in [-0.1, -0.05) is 25.3 Å². The van der Waals surface area contributed by atoms with Gasteiger partial charge in [-0.3, -0.25) is 9.59 Å². The summed E-state index contributed by atoms with van der Waals surface area (Å²) in [5.74, 6) is -2.68. The largest absolute Gasteiger partial charge is 0.481 e. The molecule has 8 heteroatoms. The SMILES string of the molecule is C=CCC(=O)O.C=CCOC(=O)C(=C)C.O=C1CC(O)C(=O)O1. The maximum Gasteiger partial charge on any atom is 0.343 e. The molecule has 0 spiro atoms. The number of carbonyl (C=O) groups excluding carboxylic acids is 3. The first-order valence-corrected chi connectivity index (χ1v) is 6.34. The fraction of sp³-hybridized carbons (Fsp3) is 0.333. The van der Waals surface area contributed by atoms with E-state index in [2.05, 4.69) is 29.2 Å². The average Bonchev–Trinajstić information content (AvgIpc) is 2.73. The van der Waals surface area contributed by atoms with Gasteiger partial charge < -0.3 is 19.7 Å². The summed E-state index contributed by atoms with van der Waals surface area (Å²) in [6, 6.07) is 0. The van der Waals surface area contributed by atoms with E-state index in [0.29, 0.717) is 5.57 Å². The molecule has 1 aliphatic heterocycles. The van der Waals surface area contributed by atoms with Gasteiger partial charge in [0.1, 0.15) is 6.61 Å². The van der Waals surface area contributed by atoms with Gasteiger partial charge in [-0.25, -0.2) is 9.59 Å². The Bertz CT molecular complexity index is 478. The van der Waals surface area contributed by atoms with Gasteiger partial charge in [0.05, 0.1) is 12.8 Å². The third kappa shape index (κ3) is 14.0. The lowest BCUT2D eigenvalue weighted by atomic mass is 10.3. The third-order valence-corrected chi connectivity index (χ3v) is 1.85. The average molecular weight is 328 g/mol. The van der Waals surface area contributed by atoms with Crippen molar-refractivity contribution in [1.29, 1.82) is 0 Å². The van der Waals surface area contributed by atoms with E-state index in [1.807, 2.05) is 0 Å². The molecule has 2 N–H and O–H groups in total. The van der Waals surface area contributed by atoms with E-state index in [4.69, 9.17) is 10.2 Å². The molecule has 1 unspecified atom stereocenters. The lowest BCUT2D eigenvalue weighted by Crippen LogP contribution is -2.11. The molecular formula is C15H20O8. The first-order valence-electron chi connectivity index (χ1n) is 6.34. The van der Waals surface area contributed by atoms with Crippen LogP contribution in [0, 0.1) is 0 Å². The molecule has 1 atom stereocenters. The highest BCUT2D eigenvalue weighted by atomic mass is 16.6. The quantitative estimate of drug-likeness (QED) is 0.328. The summed E-state index contributed by atoms with van der Waals surface area (Å²) in [5.41, 5.74) is 0.414. The minimum atomic E-state index is -1.22. The van der Waals surface area contributed by atoms with Crippen LogP contribution < -0.4 is 0 Å². The number of rotatable bonds is 5. The minimum absolute atomic E-state index is 0.0556. The molecule has 0 saturated carbocycles. The van der Waals surface area contributed by atoms with Crippen LogP contribution >= 0.6 is 0 Å². The topological polar surface area (TPSA) is 127 Å². The Labute approximate surface area is 133 Å². The standard InChI is InChI=1S/C7H10O2.C4H4O4.C4H6O2/c1-4-5-9-7(8)6(2)3;5-2-1-3(6)8-4(2)7;1-2-3-4(5)6/h4H,1-2,5H2,3H3;2,5H,1H2;2H,1,3H2,(H,5,6). The normalized spacial score (nSPS) is 15.0. The number of esters is 3. The fourth-order valence-electron chi connectivity index (χ4n) is 0.844. The van der Waals surface area contributed by atoms with E-state index < -0.39 is 24.0 Å². The molecule has 0 amide bonds. The zero-order valence-electron chi connectivity index (χ0n) is 12.8. The summed E-state index contributed by atoms with van der Waals surface area (Å²) in [5, 5.41) is 16.3. The van der Waals surface area contributed by atoms with Gasteiger partial charge in [0.25, 0.3) is 0 Å². The molecular weight excluding hydrogens is 308 g/mol. The summed E-state index contributed by atoms with van der Waals surface area (Å²) in [7, 11) is 0. The van der Waals surface area contributed by atoms with Crippen LogP contribution in [0.1, 0.15) is 19.8 Å². The molecule has 0 aromatic heterocycles. The van der Waals surface area contributed by atoms with Gasteiger partial charge in [0, 0.05) is 5.57 Å². The smallest absolute Gasteiger partial charge is 0.343 e. The Morgan fingerprint density at radius 2 is 1.91 bits per heavy atom. The van der Waals surface area contributed by atoms with Gasteiger partial charge in [0.2, 0.25) is 0 Å². The van der Waals surface area contributed by atoms with Crippen molar-refractivity contribution in [3.05, 3.63) is 37.5 Å². The molecule has 0 aliphatic carbocycles. The van der Waals surface area contributed by atoms with Crippen LogP contribution in [0.15, 0.2) is 37.5 Å². The van der Waals surface area contributed by atoms with Crippen LogP contribution in [0.5, 0.6) is 0 Å². The van der Waals surface area contributed by atoms with E-state index in [1.54, 1.807) is 6.92 Å². The zero-order chi connectivity index (χ0) is 18.4. The van der Waals surface area contributed by atoms with Crippen molar-refractivity contribution in [3.8, 4) is 0 Å². The van der Waals surface area contributed by atoms with Gasteiger partial charge in [-0.05, 0) is 6.92 Å². The fourth-order valence-corrected chi connectivity index (χ4v) is 0.844. The van der Waals surface area contributed by atoms with Crippen molar-refractivity contribution in [2.24, 2.45) is 0 Å². The number of cyclic esters (lactones) is 2. The van der Waals surface area contributed by atoms with E-state index in [-0.39, 0.29) is 25.4 Å². The second-order valence-electron chi connectivity index (χ2n) is 4.07. The second-order valence-corrected chi connectivity index (χ2v) is 4.07. The predicted octanol–water partition coefficient (Wildman–Crippen LogP) is 0.760. The van der Waals surface area contributed by atoms with Crippen LogP contribution in [-0.2, 0) is 28.7 Å². The lowest BCUT2D eigenvalue weighted by Gasteiger charge is -1.97. The Hall–Kier alpha value is -2.74. The molecule has 128 valence electrons. The monoisotopic (exact) mass is 328 g/mol. The first-order chi connectivity index (χ1) is 10.6. The lowest BCUT2D eigenvalue weighted by molar-refractivity contribution is -0.154. The Morgan fingerprint density at radius 3 is 2.09 bits per heavy atom. The molecule has 1 heterocycles. The number of aliphatic hydroxyl groups excluding tert-OH is 1. The number of aliphatic hydroxyl groups is 1. The van der Waals surface area contributed by atoms with Crippen LogP contribution in [0.2, 0.25) is 0 Å². The minimum Gasteiger partial charge on any atom is -0.481 e. The van der Waals surface area contributed by atoms with E-state index in [0.717, 1.165) is 0 Å². The summed E-state index contributed by atoms with van der Waals surface area (Å²) >= 11 is 0. The molecule has 1 rings (SSSR count). The summed E-state index contributed by atoms with van der Waals surface area (Å²) in [4.78, 5) is 40.2. The van der Waals surface area contributed by atoms with E-state index in [9.17, 15) is 19.2 Å². The Kier molecular flexibility index (Phi) is 12.7. The van der Waals surface area contributed by atoms with Crippen molar-refractivity contribution in [1.82, 2.24) is 0 Å². The molecule has 0 radical (unpaired) electrons. The molecule has 1 aliphatic rings. The van der Waals surface area contributed by atoms with Crippen molar-refractivity contribution < 1.29 is 38.9 Å². The molecule has 1 fully saturated rings. The Balaban J connectivity index is 0. The molecule has 0 bridgehead atoms. The van der Waals surface area contributed by atoms with Crippen molar-refractivity contribution in [3.63, 3.8) is 0 Å². The number of ether oxygens (including phenoxy) is 2. The number of carboxylic acids is 1. The summed E-state index contributed by atoms with van der Waals surface area (Å²) in [6.07, 6.45) is 1.50. The summed E-state index contributed by atoms with van der Waals surface area (Å²) in [6.45, 7) is 11.9. The highest BCUT2D eigenvalue weighted by molar-refractivity contribution is 5.95. The number of aliphatic carboxylic acids is 1. The highest BCUT2D eigenvalue weighted by Crippen LogP contribution is 2.05. The van der Waals surface area contributed by atoms with Gasteiger partial charge in [-0.15, -0.1) is 6.58 Å². The highest BCUT2D eigenvalue weighted by Gasteiger charge is 2.30. The van der Waals surface area contributed by atoms with Crippen molar-refractivity contribution in [2.75, 3.05) is 6.61 Å².